The first-order valence-electron chi connectivity index (χ1n) is 0.316. The smallest absolute Gasteiger partial charge is 0.0520 e. The topological polar surface area (TPSA) is 0 Å². The Bertz CT molecular complexity index is 6.85. The van der Waals surface area contributed by atoms with Gasteiger partial charge in [0, 0.05) is 0 Å². The van der Waals surface area contributed by atoms with E-state index in [4.69, 9.17) is 0 Å². The standard InChI is InChI=1S/CH2P.3ClH/c1-2;;;/h1H2;3*1H. The second-order valence-electron chi connectivity index (χ2n) is 0. The monoisotopic (exact) mass is 153 g/mol. The summed E-state index contributed by atoms with van der Waals surface area (Å²) in [6, 6.07) is 0. The van der Waals surface area contributed by atoms with Crippen LogP contribution in [-0.4, -0.2) is 6.30 Å². The van der Waals surface area contributed by atoms with Gasteiger partial charge in [0.25, 0.3) is 0 Å². The van der Waals surface area contributed by atoms with Gasteiger partial charge < -0.3 is 0 Å². The molecule has 0 nitrogen and oxygen atoms in total. The molecule has 0 aromatic rings. The molecule has 0 saturated carbocycles. The minimum Gasteiger partial charge on any atom is -0.147 e. The van der Waals surface area contributed by atoms with Gasteiger partial charge in [-0.25, -0.2) is 0 Å². The number of halogens is 3. The van der Waals surface area contributed by atoms with Gasteiger partial charge in [-0.05, 0) is 0 Å². The lowest BCUT2D eigenvalue weighted by atomic mass is 12.0. The molecule has 0 saturated heterocycles. The van der Waals surface area contributed by atoms with Gasteiger partial charge in [0.15, 0.2) is 0 Å². The fraction of sp³-hybridized carbons (Fsp3) is 0. The van der Waals surface area contributed by atoms with E-state index in [1.54, 1.807) is 0 Å². The molecular weight excluding hydrogens is 149 g/mol. The third kappa shape index (κ3) is 43.1. The van der Waals surface area contributed by atoms with Gasteiger partial charge in [0.1, 0.15) is 0 Å². The fourth-order valence-electron chi connectivity index (χ4n) is 0. The Balaban J connectivity index is -0.00000000167. The molecule has 0 N–H and O–H groups in total. The van der Waals surface area contributed by atoms with Gasteiger partial charge in [0.05, 0.1) is 0 Å². The molecule has 0 spiro atoms. The average molecular weight is 154 g/mol. The van der Waals surface area contributed by atoms with Crippen molar-refractivity contribution in [3.63, 3.8) is 0 Å². The highest BCUT2D eigenvalue weighted by atomic mass is 35.5. The van der Waals surface area contributed by atoms with Crippen LogP contribution in [0.15, 0.2) is 0 Å². The van der Waals surface area contributed by atoms with Crippen LogP contribution < -0.4 is 0 Å². The minimum absolute atomic E-state index is 0. The quantitative estimate of drug-likeness (QED) is 0.469. The predicted octanol–water partition coefficient (Wildman–Crippen LogP) is 2.09. The fourth-order valence-corrected chi connectivity index (χ4v) is 0. The highest BCUT2D eigenvalue weighted by Gasteiger charge is 0.648. The summed E-state index contributed by atoms with van der Waals surface area (Å²) in [5, 5.41) is 0. The maximum atomic E-state index is 3.28. The molecule has 5 heavy (non-hydrogen) atoms. The largest absolute Gasteiger partial charge is 0.147 e. The van der Waals surface area contributed by atoms with Crippen LogP contribution in [0.2, 0.25) is 0 Å². The van der Waals surface area contributed by atoms with Gasteiger partial charge in [-0.1, -0.05) is 15.2 Å². The van der Waals surface area contributed by atoms with Crippen molar-refractivity contribution in [2.24, 2.45) is 0 Å². The van der Waals surface area contributed by atoms with Crippen LogP contribution in [0.5, 0.6) is 0 Å². The zero-order valence-corrected chi connectivity index (χ0v) is 5.72. The van der Waals surface area contributed by atoms with Crippen LogP contribution in [0.3, 0.4) is 0 Å². The maximum Gasteiger partial charge on any atom is -0.0520 e. The van der Waals surface area contributed by atoms with E-state index in [1.807, 2.05) is 0 Å². The predicted molar refractivity (Wildman–Crippen MR) is 35.8 cm³/mol. The van der Waals surface area contributed by atoms with Crippen molar-refractivity contribution in [3.05, 3.63) is 0 Å². The Morgan fingerprint density at radius 3 is 0.800 bits per heavy atom. The maximum absolute atomic E-state index is 3.28. The van der Waals surface area contributed by atoms with Crippen LogP contribution in [0.4, 0.5) is 0 Å². The van der Waals surface area contributed by atoms with Crippen LogP contribution in [0.1, 0.15) is 0 Å². The number of rotatable bonds is 0. The van der Waals surface area contributed by atoms with Crippen LogP contribution in [0, 0.1) is 0 Å². The van der Waals surface area contributed by atoms with E-state index in [0.717, 1.165) is 0 Å². The van der Waals surface area contributed by atoms with Gasteiger partial charge in [-0.15, -0.1) is 37.2 Å². The molecule has 0 aliphatic carbocycles. The summed E-state index contributed by atoms with van der Waals surface area (Å²) in [4.78, 5) is 0. The van der Waals surface area contributed by atoms with E-state index in [2.05, 4.69) is 15.2 Å². The Morgan fingerprint density at radius 2 is 0.800 bits per heavy atom. The summed E-state index contributed by atoms with van der Waals surface area (Å²) in [5.74, 6) is 0. The Kier molecular flexibility index (Phi) is 561. The van der Waals surface area contributed by atoms with Crippen molar-refractivity contribution >= 4 is 52.4 Å². The summed E-state index contributed by atoms with van der Waals surface area (Å²) in [7, 11) is 3.28. The summed E-state index contributed by atoms with van der Waals surface area (Å²) in [5.41, 5.74) is 0. The second kappa shape index (κ2) is 76.1. The number of hydrogen-bond acceptors (Lipinski definition) is 0. The first-order chi connectivity index (χ1) is 1.00. The zero-order valence-electron chi connectivity index (χ0n) is 2.38. The Morgan fingerprint density at radius 1 is 0.800 bits per heavy atom. The molecule has 0 aromatic heterocycles. The van der Waals surface area contributed by atoms with Crippen molar-refractivity contribution in [1.29, 1.82) is 0 Å². The van der Waals surface area contributed by atoms with E-state index < -0.39 is 0 Å². The van der Waals surface area contributed by atoms with E-state index in [1.165, 1.54) is 0 Å². The summed E-state index contributed by atoms with van der Waals surface area (Å²) < 4.78 is 0. The normalized spacial score (nSPS) is 0.800. The molecule has 0 fully saturated rings. The molecule has 0 unspecified atom stereocenters. The molecule has 0 rings (SSSR count). The summed E-state index contributed by atoms with van der Waals surface area (Å²) in [6.45, 7) is 0. The average Bonchev–Trinajstić information content (AvgIpc) is 1.00. The molecule has 0 atom stereocenters. The van der Waals surface area contributed by atoms with Crippen molar-refractivity contribution in [3.8, 4) is 0 Å². The third-order valence-electron chi connectivity index (χ3n) is 0. The zero-order chi connectivity index (χ0) is 2.00. The van der Waals surface area contributed by atoms with Gasteiger partial charge in [-0.3, -0.25) is 0 Å². The van der Waals surface area contributed by atoms with E-state index in [-0.39, 0.29) is 37.2 Å². The van der Waals surface area contributed by atoms with Crippen molar-refractivity contribution < 1.29 is 0 Å². The molecule has 1 radical (unpaired) electrons. The van der Waals surface area contributed by atoms with E-state index in [9.17, 15) is 0 Å². The highest BCUT2D eigenvalue weighted by molar-refractivity contribution is 7.15. The first-order valence-corrected chi connectivity index (χ1v) is 0.949. The molecule has 0 aliphatic rings. The molecular formula is CH5Cl3P. The minimum atomic E-state index is 0. The molecule has 0 bridgehead atoms. The summed E-state index contributed by atoms with van der Waals surface area (Å²) >= 11 is 0. The molecule has 4 heteroatoms. The lowest BCUT2D eigenvalue weighted by Gasteiger charge is -0.767. The Hall–Kier alpha value is 1.04. The highest BCUT2D eigenvalue weighted by Crippen LogP contribution is 1.20. The molecule has 0 heterocycles. The SMILES string of the molecule is C=[P].Cl.Cl.Cl. The Labute approximate surface area is 52.8 Å². The third-order valence-corrected chi connectivity index (χ3v) is 0. The van der Waals surface area contributed by atoms with Crippen LogP contribution in [-0.2, 0) is 0 Å². The van der Waals surface area contributed by atoms with Gasteiger partial charge in [-0.2, -0.15) is 0 Å². The van der Waals surface area contributed by atoms with Gasteiger partial charge in [0.2, 0.25) is 0 Å². The number of hydrogen-bond donors (Lipinski definition) is 0. The summed E-state index contributed by atoms with van der Waals surface area (Å²) in [6.07, 6.45) is 2.94. The van der Waals surface area contributed by atoms with Crippen molar-refractivity contribution in [2.75, 3.05) is 0 Å². The van der Waals surface area contributed by atoms with E-state index >= 15 is 0 Å². The van der Waals surface area contributed by atoms with Crippen molar-refractivity contribution in [2.45, 2.75) is 0 Å². The van der Waals surface area contributed by atoms with Crippen LogP contribution >= 0.6 is 46.1 Å². The first kappa shape index (κ1) is 36.9. The molecule has 0 aromatic carbocycles. The molecule has 0 amide bonds. The van der Waals surface area contributed by atoms with E-state index in [0.29, 0.717) is 0 Å². The lowest BCUT2D eigenvalue weighted by molar-refractivity contribution is 4.77. The van der Waals surface area contributed by atoms with Crippen molar-refractivity contribution in [1.82, 2.24) is 0 Å². The second-order valence-corrected chi connectivity index (χ2v) is 0. The molecule has 35 valence electrons. The van der Waals surface area contributed by atoms with Gasteiger partial charge >= 0.3 is 0 Å². The van der Waals surface area contributed by atoms with Crippen LogP contribution in [0.25, 0.3) is 0 Å². The lowest BCUT2D eigenvalue weighted by Crippen LogP contribution is -0.617. The molecule has 0 aliphatic heterocycles.